The molecule has 0 bridgehead atoms. The van der Waals surface area contributed by atoms with Crippen LogP contribution in [0.5, 0.6) is 11.5 Å². The van der Waals surface area contributed by atoms with Gasteiger partial charge in [0.2, 0.25) is 0 Å². The van der Waals surface area contributed by atoms with Crippen LogP contribution in [0.2, 0.25) is 5.02 Å². The van der Waals surface area contributed by atoms with Crippen LogP contribution in [-0.2, 0) is 0 Å². The van der Waals surface area contributed by atoms with E-state index in [0.29, 0.717) is 5.92 Å². The van der Waals surface area contributed by atoms with Gasteiger partial charge in [0.25, 0.3) is 0 Å². The van der Waals surface area contributed by atoms with Crippen molar-refractivity contribution >= 4 is 17.3 Å². The van der Waals surface area contributed by atoms with E-state index in [1.54, 1.807) is 0 Å². The van der Waals surface area contributed by atoms with Crippen LogP contribution < -0.4 is 15.4 Å². The number of piperidine rings is 1. The number of fused-ring (bicyclic) bond motifs is 5. The first-order valence-corrected chi connectivity index (χ1v) is 8.11. The third-order valence-electron chi connectivity index (χ3n) is 4.87. The Bertz CT molecular complexity index is 718. The minimum Gasteiger partial charge on any atom is -0.455 e. The van der Waals surface area contributed by atoms with E-state index in [1.807, 2.05) is 30.3 Å². The summed E-state index contributed by atoms with van der Waals surface area (Å²) in [6.07, 6.45) is 1.08. The summed E-state index contributed by atoms with van der Waals surface area (Å²) in [7, 11) is 0. The third-order valence-corrected chi connectivity index (χ3v) is 5.11. The molecule has 4 rings (SSSR count). The smallest absolute Gasteiger partial charge is 0.150 e. The highest BCUT2D eigenvalue weighted by molar-refractivity contribution is 6.31. The van der Waals surface area contributed by atoms with Crippen molar-refractivity contribution in [3.05, 3.63) is 53.1 Å². The molecule has 3 nitrogen and oxygen atoms in total. The van der Waals surface area contributed by atoms with Crippen LogP contribution >= 0.6 is 11.6 Å². The lowest BCUT2D eigenvalue weighted by Crippen LogP contribution is -2.50. The van der Waals surface area contributed by atoms with Gasteiger partial charge in [-0.2, -0.15) is 0 Å². The molecule has 2 heterocycles. The summed E-state index contributed by atoms with van der Waals surface area (Å²) in [5, 5.41) is 0.722. The van der Waals surface area contributed by atoms with Crippen molar-refractivity contribution in [3.8, 4) is 11.5 Å². The number of benzene rings is 2. The maximum Gasteiger partial charge on any atom is 0.150 e. The van der Waals surface area contributed by atoms with Crippen LogP contribution in [0.25, 0.3) is 0 Å². The fourth-order valence-corrected chi connectivity index (χ4v) is 3.74. The van der Waals surface area contributed by atoms with Gasteiger partial charge in [-0.15, -0.1) is 0 Å². The molecule has 1 saturated heterocycles. The zero-order chi connectivity index (χ0) is 15.3. The van der Waals surface area contributed by atoms with E-state index in [1.165, 1.54) is 0 Å². The number of para-hydroxylation sites is 1. The van der Waals surface area contributed by atoms with Crippen LogP contribution in [0.4, 0.5) is 5.69 Å². The van der Waals surface area contributed by atoms with Gasteiger partial charge in [-0.3, -0.25) is 0 Å². The molecule has 22 heavy (non-hydrogen) atoms. The average molecular weight is 315 g/mol. The summed E-state index contributed by atoms with van der Waals surface area (Å²) in [6, 6.07) is 14.2. The summed E-state index contributed by atoms with van der Waals surface area (Å²) in [5.74, 6) is 2.22. The molecule has 2 aromatic carbocycles. The Morgan fingerprint density at radius 1 is 1.18 bits per heavy atom. The molecule has 2 aliphatic heterocycles. The molecule has 4 heteroatoms. The molecule has 3 atom stereocenters. The van der Waals surface area contributed by atoms with Crippen molar-refractivity contribution < 1.29 is 4.74 Å². The molecule has 0 aliphatic carbocycles. The van der Waals surface area contributed by atoms with Gasteiger partial charge in [0.1, 0.15) is 5.75 Å². The van der Waals surface area contributed by atoms with Gasteiger partial charge in [-0.05, 0) is 36.6 Å². The molecule has 2 aliphatic rings. The van der Waals surface area contributed by atoms with Gasteiger partial charge in [0.05, 0.1) is 11.7 Å². The second-order valence-electron chi connectivity index (χ2n) is 6.23. The van der Waals surface area contributed by atoms with Crippen LogP contribution in [0.3, 0.4) is 0 Å². The van der Waals surface area contributed by atoms with Crippen molar-refractivity contribution in [2.24, 2.45) is 11.7 Å². The number of halogens is 1. The molecule has 0 aromatic heterocycles. The first-order chi connectivity index (χ1) is 10.6. The monoisotopic (exact) mass is 314 g/mol. The highest BCUT2D eigenvalue weighted by Crippen LogP contribution is 2.48. The second-order valence-corrected chi connectivity index (χ2v) is 6.67. The topological polar surface area (TPSA) is 38.5 Å². The van der Waals surface area contributed by atoms with E-state index in [-0.39, 0.29) is 12.1 Å². The van der Waals surface area contributed by atoms with Gasteiger partial charge in [0.15, 0.2) is 5.75 Å². The number of nitrogens with zero attached hydrogens (tertiary/aromatic N) is 1. The zero-order valence-electron chi connectivity index (χ0n) is 12.5. The predicted molar refractivity (Wildman–Crippen MR) is 89.8 cm³/mol. The Kier molecular flexibility index (Phi) is 3.28. The van der Waals surface area contributed by atoms with Crippen molar-refractivity contribution in [1.82, 2.24) is 0 Å². The fourth-order valence-electron chi connectivity index (χ4n) is 3.58. The summed E-state index contributed by atoms with van der Waals surface area (Å²) < 4.78 is 6.18. The van der Waals surface area contributed by atoms with Gasteiger partial charge in [-0.1, -0.05) is 36.7 Å². The van der Waals surface area contributed by atoms with E-state index in [4.69, 9.17) is 22.1 Å². The number of anilines is 1. The van der Waals surface area contributed by atoms with Gasteiger partial charge < -0.3 is 15.4 Å². The SMILES string of the molecule is C[C@@H]1CCN2c3cc(Cl)ccc3Oc3ccccc3[C@H]2[C@@H]1N. The number of hydrogen-bond acceptors (Lipinski definition) is 3. The highest BCUT2D eigenvalue weighted by Gasteiger charge is 2.39. The summed E-state index contributed by atoms with van der Waals surface area (Å²) in [5.41, 5.74) is 8.78. The number of rotatable bonds is 0. The molecule has 0 saturated carbocycles. The molecule has 114 valence electrons. The standard InChI is InChI=1S/C18H19ClN2O/c1-11-8-9-21-14-10-12(19)6-7-16(14)22-15-5-3-2-4-13(15)18(21)17(11)20/h2-7,10-11,17-18H,8-9,20H2,1H3/t11-,17-,18+/m1/s1. The molecule has 0 radical (unpaired) electrons. The van der Waals surface area contributed by atoms with Gasteiger partial charge >= 0.3 is 0 Å². The quantitative estimate of drug-likeness (QED) is 0.785. The zero-order valence-corrected chi connectivity index (χ0v) is 13.3. The molecule has 0 unspecified atom stereocenters. The Hall–Kier alpha value is -1.71. The van der Waals surface area contributed by atoms with Crippen LogP contribution in [-0.4, -0.2) is 12.6 Å². The van der Waals surface area contributed by atoms with Crippen molar-refractivity contribution in [1.29, 1.82) is 0 Å². The number of ether oxygens (including phenoxy) is 1. The Labute approximate surface area is 135 Å². The molecule has 1 fully saturated rings. The number of hydrogen-bond donors (Lipinski definition) is 1. The van der Waals surface area contributed by atoms with E-state index in [9.17, 15) is 0 Å². The molecule has 2 aromatic rings. The van der Waals surface area contributed by atoms with Crippen molar-refractivity contribution in [3.63, 3.8) is 0 Å². The summed E-state index contributed by atoms with van der Waals surface area (Å²) >= 11 is 6.22. The highest BCUT2D eigenvalue weighted by atomic mass is 35.5. The van der Waals surface area contributed by atoms with Crippen LogP contribution in [0, 0.1) is 5.92 Å². The molecular formula is C18H19ClN2O. The maximum atomic E-state index is 6.58. The van der Waals surface area contributed by atoms with Crippen molar-refractivity contribution in [2.75, 3.05) is 11.4 Å². The maximum absolute atomic E-state index is 6.58. The molecular weight excluding hydrogens is 296 g/mol. The first-order valence-electron chi connectivity index (χ1n) is 7.73. The minimum absolute atomic E-state index is 0.0726. The summed E-state index contributed by atoms with van der Waals surface area (Å²) in [4.78, 5) is 2.36. The average Bonchev–Trinajstić information content (AvgIpc) is 2.65. The Morgan fingerprint density at radius 2 is 2.00 bits per heavy atom. The van der Waals surface area contributed by atoms with Gasteiger partial charge in [0, 0.05) is 23.2 Å². The third kappa shape index (κ3) is 2.08. The van der Waals surface area contributed by atoms with E-state index >= 15 is 0 Å². The van der Waals surface area contributed by atoms with E-state index in [2.05, 4.69) is 24.0 Å². The van der Waals surface area contributed by atoms with E-state index in [0.717, 1.165) is 40.7 Å². The normalized spacial score (nSPS) is 26.3. The van der Waals surface area contributed by atoms with Crippen molar-refractivity contribution in [2.45, 2.75) is 25.4 Å². The largest absolute Gasteiger partial charge is 0.455 e. The summed E-state index contributed by atoms with van der Waals surface area (Å²) in [6.45, 7) is 3.19. The fraction of sp³-hybridized carbons (Fsp3) is 0.333. The van der Waals surface area contributed by atoms with Gasteiger partial charge in [-0.25, -0.2) is 0 Å². The van der Waals surface area contributed by atoms with E-state index < -0.39 is 0 Å². The number of nitrogens with two attached hydrogens (primary N) is 1. The molecule has 0 spiro atoms. The van der Waals surface area contributed by atoms with Crippen LogP contribution in [0.15, 0.2) is 42.5 Å². The minimum atomic E-state index is 0.0726. The molecule has 2 N–H and O–H groups in total. The van der Waals surface area contributed by atoms with Crippen LogP contribution in [0.1, 0.15) is 24.9 Å². The Morgan fingerprint density at radius 3 is 2.86 bits per heavy atom. The lowest BCUT2D eigenvalue weighted by molar-refractivity contribution is 0.312. The lowest BCUT2D eigenvalue weighted by atomic mass is 9.83. The molecule has 0 amide bonds. The second kappa shape index (κ2) is 5.18. The predicted octanol–water partition coefficient (Wildman–Crippen LogP) is 4.36. The lowest BCUT2D eigenvalue weighted by Gasteiger charge is -2.43. The Balaban J connectivity index is 1.94. The first kappa shape index (κ1) is 13.9.